The Morgan fingerprint density at radius 2 is 2.43 bits per heavy atom. The van der Waals surface area contributed by atoms with Gasteiger partial charge < -0.3 is 4.74 Å². The first-order valence-electron chi connectivity index (χ1n) is 4.84. The van der Waals surface area contributed by atoms with Gasteiger partial charge in [-0.1, -0.05) is 13.3 Å². The van der Waals surface area contributed by atoms with Gasteiger partial charge in [0.15, 0.2) is 6.29 Å². The smallest absolute Gasteiger partial charge is 0.169 e. The Labute approximate surface area is 88.1 Å². The summed E-state index contributed by atoms with van der Waals surface area (Å²) >= 11 is 1.49. The van der Waals surface area contributed by atoms with E-state index in [0.29, 0.717) is 12.3 Å². The van der Waals surface area contributed by atoms with E-state index >= 15 is 0 Å². The van der Waals surface area contributed by atoms with Gasteiger partial charge in [-0.25, -0.2) is 4.98 Å². The molecule has 1 aromatic rings. The number of hydrogen-bond donors (Lipinski definition) is 0. The van der Waals surface area contributed by atoms with Crippen LogP contribution in [-0.2, 0) is 4.74 Å². The molecule has 14 heavy (non-hydrogen) atoms. The van der Waals surface area contributed by atoms with E-state index in [9.17, 15) is 4.79 Å². The SMILES string of the molecule is CCCC(OCC)c1nc(C=O)cs1. The summed E-state index contributed by atoms with van der Waals surface area (Å²) in [6.45, 7) is 4.76. The van der Waals surface area contributed by atoms with Crippen LogP contribution in [0, 0.1) is 0 Å². The molecule has 0 aliphatic heterocycles. The second kappa shape index (κ2) is 5.88. The van der Waals surface area contributed by atoms with Gasteiger partial charge in [-0.2, -0.15) is 0 Å². The van der Waals surface area contributed by atoms with Crippen LogP contribution >= 0.6 is 11.3 Å². The molecule has 0 radical (unpaired) electrons. The minimum Gasteiger partial charge on any atom is -0.371 e. The number of aromatic nitrogens is 1. The van der Waals surface area contributed by atoms with E-state index in [1.165, 1.54) is 11.3 Å². The van der Waals surface area contributed by atoms with E-state index in [4.69, 9.17) is 4.74 Å². The fourth-order valence-electron chi connectivity index (χ4n) is 1.24. The highest BCUT2D eigenvalue weighted by Crippen LogP contribution is 2.25. The standard InChI is InChI=1S/C10H15NO2S/c1-3-5-9(13-4-2)10-11-8(6-12)7-14-10/h6-7,9H,3-5H2,1-2H3. The summed E-state index contributed by atoms with van der Waals surface area (Å²) in [5.41, 5.74) is 0.505. The molecule has 1 unspecified atom stereocenters. The molecule has 0 bridgehead atoms. The van der Waals surface area contributed by atoms with Gasteiger partial charge in [0.2, 0.25) is 0 Å². The number of hydrogen-bond acceptors (Lipinski definition) is 4. The highest BCUT2D eigenvalue weighted by atomic mass is 32.1. The molecule has 1 aromatic heterocycles. The molecule has 1 heterocycles. The maximum atomic E-state index is 10.5. The first kappa shape index (κ1) is 11.3. The van der Waals surface area contributed by atoms with E-state index < -0.39 is 0 Å². The molecule has 0 N–H and O–H groups in total. The minimum absolute atomic E-state index is 0.0590. The van der Waals surface area contributed by atoms with Gasteiger partial charge in [0.1, 0.15) is 16.8 Å². The van der Waals surface area contributed by atoms with Crippen LogP contribution in [0.25, 0.3) is 0 Å². The third-order valence-electron chi connectivity index (χ3n) is 1.85. The zero-order chi connectivity index (χ0) is 10.4. The lowest BCUT2D eigenvalue weighted by Gasteiger charge is -2.12. The molecule has 0 saturated heterocycles. The molecule has 1 atom stereocenters. The molecular formula is C10H15NO2S. The van der Waals surface area contributed by atoms with Gasteiger partial charge in [-0.05, 0) is 13.3 Å². The van der Waals surface area contributed by atoms with Crippen molar-refractivity contribution in [1.82, 2.24) is 4.98 Å². The molecule has 78 valence electrons. The van der Waals surface area contributed by atoms with Crippen molar-refractivity contribution in [2.45, 2.75) is 32.8 Å². The Balaban J connectivity index is 2.70. The fourth-order valence-corrected chi connectivity index (χ4v) is 2.09. The van der Waals surface area contributed by atoms with E-state index in [0.717, 1.165) is 24.1 Å². The Bertz CT molecular complexity index is 279. The molecular weight excluding hydrogens is 198 g/mol. The average Bonchev–Trinajstić information content (AvgIpc) is 2.65. The van der Waals surface area contributed by atoms with Crippen LogP contribution in [-0.4, -0.2) is 17.9 Å². The monoisotopic (exact) mass is 213 g/mol. The normalized spacial score (nSPS) is 12.7. The third kappa shape index (κ3) is 2.89. The predicted octanol–water partition coefficient (Wildman–Crippen LogP) is 2.83. The highest BCUT2D eigenvalue weighted by molar-refractivity contribution is 7.09. The number of nitrogens with zero attached hydrogens (tertiary/aromatic N) is 1. The van der Waals surface area contributed by atoms with E-state index in [2.05, 4.69) is 11.9 Å². The quantitative estimate of drug-likeness (QED) is 0.682. The molecule has 0 saturated carbocycles. The molecule has 0 fully saturated rings. The van der Waals surface area contributed by atoms with Gasteiger partial charge in [0.25, 0.3) is 0 Å². The fraction of sp³-hybridized carbons (Fsp3) is 0.600. The van der Waals surface area contributed by atoms with Crippen molar-refractivity contribution in [2.24, 2.45) is 0 Å². The van der Waals surface area contributed by atoms with Crippen molar-refractivity contribution in [3.05, 3.63) is 16.1 Å². The molecule has 0 spiro atoms. The maximum Gasteiger partial charge on any atom is 0.169 e. The number of aldehydes is 1. The lowest BCUT2D eigenvalue weighted by Crippen LogP contribution is -2.03. The summed E-state index contributed by atoms with van der Waals surface area (Å²) in [6, 6.07) is 0. The van der Waals surface area contributed by atoms with Crippen LogP contribution in [0.2, 0.25) is 0 Å². The average molecular weight is 213 g/mol. The summed E-state index contributed by atoms with van der Waals surface area (Å²) in [5.74, 6) is 0. The van der Waals surface area contributed by atoms with Crippen molar-refractivity contribution in [3.8, 4) is 0 Å². The van der Waals surface area contributed by atoms with E-state index in [1.54, 1.807) is 5.38 Å². The minimum atomic E-state index is 0.0590. The molecule has 1 rings (SSSR count). The predicted molar refractivity (Wildman–Crippen MR) is 56.8 cm³/mol. The summed E-state index contributed by atoms with van der Waals surface area (Å²) < 4.78 is 5.56. The first-order chi connectivity index (χ1) is 6.81. The summed E-state index contributed by atoms with van der Waals surface area (Å²) in [7, 11) is 0. The van der Waals surface area contributed by atoms with Crippen molar-refractivity contribution >= 4 is 17.6 Å². The van der Waals surface area contributed by atoms with Crippen LogP contribution in [0.4, 0.5) is 0 Å². The van der Waals surface area contributed by atoms with Crippen LogP contribution in [0.3, 0.4) is 0 Å². The van der Waals surface area contributed by atoms with Crippen LogP contribution < -0.4 is 0 Å². The van der Waals surface area contributed by atoms with E-state index in [-0.39, 0.29) is 6.10 Å². The van der Waals surface area contributed by atoms with E-state index in [1.807, 2.05) is 6.92 Å². The second-order valence-corrected chi connectivity index (χ2v) is 3.85. The number of thiazole rings is 1. The van der Waals surface area contributed by atoms with Gasteiger partial charge in [0, 0.05) is 12.0 Å². The first-order valence-corrected chi connectivity index (χ1v) is 5.72. The Morgan fingerprint density at radius 1 is 1.64 bits per heavy atom. The lowest BCUT2D eigenvalue weighted by atomic mass is 10.2. The molecule has 0 aliphatic carbocycles. The van der Waals surface area contributed by atoms with Crippen molar-refractivity contribution in [3.63, 3.8) is 0 Å². The lowest BCUT2D eigenvalue weighted by molar-refractivity contribution is 0.0554. The van der Waals surface area contributed by atoms with Crippen molar-refractivity contribution in [2.75, 3.05) is 6.61 Å². The molecule has 0 aromatic carbocycles. The molecule has 0 amide bonds. The Morgan fingerprint density at radius 3 is 2.93 bits per heavy atom. The zero-order valence-corrected chi connectivity index (χ0v) is 9.34. The zero-order valence-electron chi connectivity index (χ0n) is 8.53. The van der Waals surface area contributed by atoms with Crippen LogP contribution in [0.15, 0.2) is 5.38 Å². The van der Waals surface area contributed by atoms with Crippen molar-refractivity contribution in [1.29, 1.82) is 0 Å². The number of carbonyl (C=O) groups excluding carboxylic acids is 1. The Kier molecular flexibility index (Phi) is 4.76. The second-order valence-electron chi connectivity index (χ2n) is 2.96. The van der Waals surface area contributed by atoms with Gasteiger partial charge >= 0.3 is 0 Å². The van der Waals surface area contributed by atoms with Crippen LogP contribution in [0.5, 0.6) is 0 Å². The maximum absolute atomic E-state index is 10.5. The third-order valence-corrected chi connectivity index (χ3v) is 2.81. The van der Waals surface area contributed by atoms with Crippen molar-refractivity contribution < 1.29 is 9.53 Å². The largest absolute Gasteiger partial charge is 0.371 e. The van der Waals surface area contributed by atoms with Gasteiger partial charge in [-0.3, -0.25) is 4.79 Å². The Hall–Kier alpha value is -0.740. The van der Waals surface area contributed by atoms with Gasteiger partial charge in [-0.15, -0.1) is 11.3 Å². The molecule has 4 heteroatoms. The number of rotatable bonds is 6. The van der Waals surface area contributed by atoms with Gasteiger partial charge in [0.05, 0.1) is 0 Å². The molecule has 3 nitrogen and oxygen atoms in total. The summed E-state index contributed by atoms with van der Waals surface area (Å²) in [5, 5.41) is 2.68. The topological polar surface area (TPSA) is 39.2 Å². The summed E-state index contributed by atoms with van der Waals surface area (Å²) in [4.78, 5) is 14.7. The number of ether oxygens (including phenoxy) is 1. The number of carbonyl (C=O) groups is 1. The summed E-state index contributed by atoms with van der Waals surface area (Å²) in [6.07, 6.45) is 2.85. The molecule has 0 aliphatic rings. The van der Waals surface area contributed by atoms with Crippen LogP contribution in [0.1, 0.15) is 48.3 Å². The highest BCUT2D eigenvalue weighted by Gasteiger charge is 2.14.